The van der Waals surface area contributed by atoms with Crippen molar-refractivity contribution in [3.8, 4) is 22.3 Å². The first-order valence-corrected chi connectivity index (χ1v) is 18.9. The predicted molar refractivity (Wildman–Crippen MR) is 228 cm³/mol. The van der Waals surface area contributed by atoms with Crippen molar-refractivity contribution in [2.75, 3.05) is 4.90 Å². The molecule has 2 nitrogen and oxygen atoms in total. The Morgan fingerprint density at radius 3 is 1.69 bits per heavy atom. The molecule has 0 bridgehead atoms. The van der Waals surface area contributed by atoms with Gasteiger partial charge in [-0.05, 0) is 92.1 Å². The molecule has 0 saturated carbocycles. The maximum atomic E-state index is 13.8. The predicted octanol–water partition coefficient (Wildman–Crippen LogP) is 13.0. The fraction of sp³-hybridized carbons (Fsp3) is 0.0755. The van der Waals surface area contributed by atoms with Crippen LogP contribution in [0.25, 0.3) is 22.3 Å². The van der Waals surface area contributed by atoms with Gasteiger partial charge in [0.15, 0.2) is 5.78 Å². The lowest BCUT2D eigenvalue weighted by Gasteiger charge is -2.46. The monoisotopic (exact) mass is 707 g/mol. The number of para-hydroxylation sites is 1. The van der Waals surface area contributed by atoms with Gasteiger partial charge in [0.25, 0.3) is 0 Å². The minimum atomic E-state index is -0.611. The van der Waals surface area contributed by atoms with Gasteiger partial charge >= 0.3 is 0 Å². The van der Waals surface area contributed by atoms with Crippen LogP contribution in [0.5, 0.6) is 0 Å². The number of carbonyl (C=O) groups is 1. The third-order valence-corrected chi connectivity index (χ3v) is 11.7. The second kappa shape index (κ2) is 13.3. The summed E-state index contributed by atoms with van der Waals surface area (Å²) in [7, 11) is 0. The molecule has 0 fully saturated rings. The van der Waals surface area contributed by atoms with Crippen molar-refractivity contribution in [3.05, 3.63) is 251 Å². The van der Waals surface area contributed by atoms with Crippen LogP contribution in [0.2, 0.25) is 0 Å². The van der Waals surface area contributed by atoms with Crippen molar-refractivity contribution in [2.45, 2.75) is 24.7 Å². The Bertz CT molecular complexity index is 2640. The van der Waals surface area contributed by atoms with Crippen molar-refractivity contribution in [1.29, 1.82) is 0 Å². The number of anilines is 2. The van der Waals surface area contributed by atoms with E-state index in [1.807, 2.05) is 30.4 Å². The maximum Gasteiger partial charge on any atom is 0.193 e. The summed E-state index contributed by atoms with van der Waals surface area (Å²) >= 11 is 0. The van der Waals surface area contributed by atoms with Gasteiger partial charge in [-0.25, -0.2) is 0 Å². The molecule has 1 aliphatic heterocycles. The number of nitrogens with zero attached hydrogens (tertiary/aromatic N) is 1. The lowest BCUT2D eigenvalue weighted by Crippen LogP contribution is -2.39. The lowest BCUT2D eigenvalue weighted by atomic mass is 9.62. The highest BCUT2D eigenvalue weighted by molar-refractivity contribution is 6.13. The Morgan fingerprint density at radius 2 is 1.04 bits per heavy atom. The highest BCUT2D eigenvalue weighted by Gasteiger charge is 2.46. The summed E-state index contributed by atoms with van der Waals surface area (Å²) in [6, 6.07) is 61.9. The zero-order valence-electron chi connectivity index (χ0n) is 31.2. The van der Waals surface area contributed by atoms with Gasteiger partial charge in [-0.15, -0.1) is 0 Å². The summed E-state index contributed by atoms with van der Waals surface area (Å²) in [6.45, 7) is 13.2. The quantitative estimate of drug-likeness (QED) is 0.164. The summed E-state index contributed by atoms with van der Waals surface area (Å²) < 4.78 is 0. The first-order chi connectivity index (χ1) is 26.9. The topological polar surface area (TPSA) is 20.3 Å². The van der Waals surface area contributed by atoms with Gasteiger partial charge < -0.3 is 4.90 Å². The Hall–Kier alpha value is -6.77. The number of fused-ring (bicyclic) bond motifs is 3. The zero-order chi connectivity index (χ0) is 37.7. The average Bonchev–Trinajstić information content (AvgIpc) is 3.25. The first-order valence-electron chi connectivity index (χ1n) is 18.9. The van der Waals surface area contributed by atoms with E-state index < -0.39 is 5.41 Å². The summed E-state index contributed by atoms with van der Waals surface area (Å²) in [5.41, 5.74) is 14.8. The van der Waals surface area contributed by atoms with Crippen molar-refractivity contribution in [1.82, 2.24) is 0 Å². The van der Waals surface area contributed by atoms with E-state index in [1.165, 1.54) is 16.7 Å². The number of hydrogen-bond acceptors (Lipinski definition) is 2. The van der Waals surface area contributed by atoms with E-state index in [2.05, 4.69) is 190 Å². The first kappa shape index (κ1) is 34.0. The number of ketones is 1. The summed E-state index contributed by atoms with van der Waals surface area (Å²) in [5.74, 6) is 0.0889. The standard InChI is InChI=1S/C53H41NO/c1-5-45-49(6-2)54(50-30-16-15-29-48(50)53(45,40-22-9-7-10-23-40)41-24-11-8-12-25-41)42-26-18-21-38(34-42)36-19-17-20-37(33-36)39-31-32-47-44(35-39)51(55)43-27-13-14-28-46(43)52(47,3)4/h5-35H,1-2H2,3-4H3. The number of rotatable bonds is 7. The second-order valence-corrected chi connectivity index (χ2v) is 14.9. The van der Waals surface area contributed by atoms with Crippen LogP contribution in [0, 0.1) is 0 Å². The molecule has 2 heteroatoms. The molecule has 7 aromatic carbocycles. The van der Waals surface area contributed by atoms with Crippen LogP contribution in [0.1, 0.15) is 57.6 Å². The molecule has 0 atom stereocenters. The molecular formula is C53H41NO. The van der Waals surface area contributed by atoms with E-state index in [-0.39, 0.29) is 11.2 Å². The molecule has 0 radical (unpaired) electrons. The van der Waals surface area contributed by atoms with Gasteiger partial charge in [-0.1, -0.05) is 179 Å². The van der Waals surface area contributed by atoms with Crippen LogP contribution in [-0.4, -0.2) is 5.78 Å². The molecule has 9 rings (SSSR count). The third-order valence-electron chi connectivity index (χ3n) is 11.7. The van der Waals surface area contributed by atoms with Gasteiger partial charge in [0.1, 0.15) is 0 Å². The van der Waals surface area contributed by atoms with Crippen molar-refractivity contribution in [2.24, 2.45) is 0 Å². The number of carbonyl (C=O) groups excluding carboxylic acids is 1. The van der Waals surface area contributed by atoms with Gasteiger partial charge in [0.05, 0.1) is 16.8 Å². The molecule has 0 spiro atoms. The van der Waals surface area contributed by atoms with E-state index in [4.69, 9.17) is 0 Å². The smallest absolute Gasteiger partial charge is 0.193 e. The fourth-order valence-corrected chi connectivity index (χ4v) is 9.15. The molecule has 55 heavy (non-hydrogen) atoms. The maximum absolute atomic E-state index is 13.8. The minimum absolute atomic E-state index is 0.0889. The van der Waals surface area contributed by atoms with E-state index >= 15 is 0 Å². The molecular weight excluding hydrogens is 667 g/mol. The highest BCUT2D eigenvalue weighted by Crippen LogP contribution is 2.55. The molecule has 0 amide bonds. The van der Waals surface area contributed by atoms with Crippen LogP contribution in [0.3, 0.4) is 0 Å². The molecule has 0 saturated heterocycles. The summed E-state index contributed by atoms with van der Waals surface area (Å²) in [6.07, 6.45) is 3.98. The van der Waals surface area contributed by atoms with Crippen LogP contribution >= 0.6 is 0 Å². The highest BCUT2D eigenvalue weighted by atomic mass is 16.1. The van der Waals surface area contributed by atoms with Crippen LogP contribution < -0.4 is 4.90 Å². The van der Waals surface area contributed by atoms with E-state index in [1.54, 1.807) is 0 Å². The molecule has 1 heterocycles. The van der Waals surface area contributed by atoms with Gasteiger partial charge in [-0.2, -0.15) is 0 Å². The molecule has 2 aliphatic rings. The van der Waals surface area contributed by atoms with Gasteiger partial charge in [0.2, 0.25) is 0 Å². The van der Waals surface area contributed by atoms with Crippen molar-refractivity contribution in [3.63, 3.8) is 0 Å². The molecule has 0 unspecified atom stereocenters. The Morgan fingerprint density at radius 1 is 0.491 bits per heavy atom. The Balaban J connectivity index is 1.16. The normalized spacial score (nSPS) is 15.1. The summed E-state index contributed by atoms with van der Waals surface area (Å²) in [5, 5.41) is 0. The third kappa shape index (κ3) is 5.21. The average molecular weight is 708 g/mol. The number of hydrogen-bond donors (Lipinski definition) is 0. The minimum Gasteiger partial charge on any atom is -0.310 e. The summed E-state index contributed by atoms with van der Waals surface area (Å²) in [4.78, 5) is 16.1. The molecule has 0 N–H and O–H groups in total. The van der Waals surface area contributed by atoms with Crippen molar-refractivity contribution >= 4 is 17.2 Å². The zero-order valence-corrected chi connectivity index (χ0v) is 31.2. The molecule has 264 valence electrons. The fourth-order valence-electron chi connectivity index (χ4n) is 9.15. The Labute approximate surface area is 324 Å². The molecule has 0 aromatic heterocycles. The van der Waals surface area contributed by atoms with E-state index in [9.17, 15) is 4.79 Å². The SMILES string of the molecule is C=CC1=C(C=C)C(c2ccccc2)(c2ccccc2)c2ccccc2N1c1cccc(-c2cccc(-c3ccc4c(c3)C(=O)c3ccccc3C4(C)C)c2)c1. The number of benzene rings is 7. The van der Waals surface area contributed by atoms with Crippen LogP contribution in [0.15, 0.2) is 213 Å². The van der Waals surface area contributed by atoms with Crippen molar-refractivity contribution < 1.29 is 4.79 Å². The van der Waals surface area contributed by atoms with E-state index in [0.29, 0.717) is 0 Å². The van der Waals surface area contributed by atoms with Crippen LogP contribution in [0.4, 0.5) is 11.4 Å². The second-order valence-electron chi connectivity index (χ2n) is 14.9. The lowest BCUT2D eigenvalue weighted by molar-refractivity contribution is 0.103. The van der Waals surface area contributed by atoms with E-state index in [0.717, 1.165) is 67.2 Å². The van der Waals surface area contributed by atoms with Gasteiger partial charge in [-0.3, -0.25) is 4.79 Å². The van der Waals surface area contributed by atoms with Gasteiger partial charge in [0, 0.05) is 22.2 Å². The Kier molecular flexibility index (Phi) is 8.21. The van der Waals surface area contributed by atoms with Crippen LogP contribution in [-0.2, 0) is 10.8 Å². The molecule has 7 aromatic rings. The molecule has 1 aliphatic carbocycles. The number of allylic oxidation sites excluding steroid dienone is 3. The largest absolute Gasteiger partial charge is 0.310 e.